The summed E-state index contributed by atoms with van der Waals surface area (Å²) in [5.74, 6) is 0.0381. The second-order valence-corrected chi connectivity index (χ2v) is 6.49. The van der Waals surface area contributed by atoms with E-state index in [2.05, 4.69) is 25.9 Å². The van der Waals surface area contributed by atoms with Crippen LogP contribution in [0.4, 0.5) is 0 Å². The lowest BCUT2D eigenvalue weighted by Crippen LogP contribution is -2.35. The molecule has 0 aromatic heterocycles. The number of ether oxygens (including phenoxy) is 3. The Morgan fingerprint density at radius 2 is 1.41 bits per heavy atom. The van der Waals surface area contributed by atoms with E-state index in [-0.39, 0.29) is 0 Å². The molecule has 0 aliphatic carbocycles. The predicted octanol–water partition coefficient (Wildman–Crippen LogP) is 4.29. The quantitative estimate of drug-likeness (QED) is 0.333. The summed E-state index contributed by atoms with van der Waals surface area (Å²) in [6, 6.07) is 0. The third kappa shape index (κ3) is 9.78. The Kier molecular flexibility index (Phi) is 13.2. The Morgan fingerprint density at radius 3 is 1.91 bits per heavy atom. The van der Waals surface area contributed by atoms with Crippen LogP contribution in [-0.4, -0.2) is 52.8 Å². The molecule has 0 saturated carbocycles. The average molecular weight is 318 g/mol. The minimum absolute atomic E-state index is 0.787. The first-order valence-electron chi connectivity index (χ1n) is 8.83. The lowest BCUT2D eigenvalue weighted by molar-refractivity contribution is -0.355. The smallest absolute Gasteiger partial charge is 0.282 e. The summed E-state index contributed by atoms with van der Waals surface area (Å²) in [6.07, 6.45) is 11.1. The van der Waals surface area contributed by atoms with Gasteiger partial charge in [-0.3, -0.25) is 0 Å². The number of rotatable bonds is 15. The molecule has 0 rings (SSSR count). The van der Waals surface area contributed by atoms with Crippen LogP contribution in [0.1, 0.15) is 64.7 Å². The van der Waals surface area contributed by atoms with Gasteiger partial charge in [0.05, 0.1) is 0 Å². The Bertz CT molecular complexity index is 234. The van der Waals surface area contributed by atoms with Gasteiger partial charge in [0, 0.05) is 27.8 Å². The molecule has 4 heteroatoms. The third-order valence-electron chi connectivity index (χ3n) is 4.44. The molecule has 0 saturated heterocycles. The third-order valence-corrected chi connectivity index (χ3v) is 4.44. The van der Waals surface area contributed by atoms with Crippen LogP contribution >= 0.6 is 0 Å². The highest BCUT2D eigenvalue weighted by Gasteiger charge is 2.28. The van der Waals surface area contributed by atoms with Crippen molar-refractivity contribution >= 4 is 0 Å². The molecule has 0 aliphatic rings. The fraction of sp³-hybridized carbons (Fsp3) is 1.00. The van der Waals surface area contributed by atoms with E-state index in [0.717, 1.165) is 18.8 Å². The summed E-state index contributed by atoms with van der Waals surface area (Å²) in [4.78, 5) is 2.28. The van der Waals surface area contributed by atoms with Crippen molar-refractivity contribution in [3.63, 3.8) is 0 Å². The van der Waals surface area contributed by atoms with Gasteiger partial charge in [0.1, 0.15) is 0 Å². The minimum atomic E-state index is -0.853. The molecule has 0 amide bonds. The summed E-state index contributed by atoms with van der Waals surface area (Å²) in [6.45, 7) is 3.50. The largest absolute Gasteiger partial charge is 0.331 e. The number of unbranched alkanes of at least 4 members (excludes halogenated alkanes) is 2. The molecule has 4 nitrogen and oxygen atoms in total. The van der Waals surface area contributed by atoms with Crippen molar-refractivity contribution in [3.05, 3.63) is 0 Å². The van der Waals surface area contributed by atoms with Crippen LogP contribution in [0.15, 0.2) is 0 Å². The molecule has 0 aromatic rings. The van der Waals surface area contributed by atoms with Crippen LogP contribution in [0.3, 0.4) is 0 Å². The summed E-state index contributed by atoms with van der Waals surface area (Å²) in [7, 11) is 9.21. The normalized spacial score (nSPS) is 13.8. The molecule has 0 aliphatic heterocycles. The molecule has 0 heterocycles. The van der Waals surface area contributed by atoms with Crippen molar-refractivity contribution in [2.75, 3.05) is 42.0 Å². The Balaban J connectivity index is 3.88. The number of hydrogen-bond acceptors (Lipinski definition) is 4. The maximum atomic E-state index is 5.33. The second kappa shape index (κ2) is 13.3. The topological polar surface area (TPSA) is 30.9 Å². The van der Waals surface area contributed by atoms with E-state index in [9.17, 15) is 0 Å². The van der Waals surface area contributed by atoms with Crippen LogP contribution in [0.5, 0.6) is 0 Å². The highest BCUT2D eigenvalue weighted by Crippen LogP contribution is 2.24. The summed E-state index contributed by atoms with van der Waals surface area (Å²) >= 11 is 0. The van der Waals surface area contributed by atoms with Crippen molar-refractivity contribution in [2.45, 2.75) is 70.7 Å². The van der Waals surface area contributed by atoms with Crippen molar-refractivity contribution in [1.29, 1.82) is 0 Å². The van der Waals surface area contributed by atoms with E-state index in [1.54, 1.807) is 21.3 Å². The molecule has 134 valence electrons. The fourth-order valence-electron chi connectivity index (χ4n) is 3.04. The molecule has 0 aromatic carbocycles. The van der Waals surface area contributed by atoms with Gasteiger partial charge in [-0.2, -0.15) is 0 Å². The first-order valence-corrected chi connectivity index (χ1v) is 8.83. The van der Waals surface area contributed by atoms with Crippen molar-refractivity contribution in [3.8, 4) is 0 Å². The van der Waals surface area contributed by atoms with Crippen LogP contribution in [0.2, 0.25) is 0 Å². The van der Waals surface area contributed by atoms with E-state index in [0.29, 0.717) is 0 Å². The molecule has 0 N–H and O–H groups in total. The highest BCUT2D eigenvalue weighted by molar-refractivity contribution is 4.62. The van der Waals surface area contributed by atoms with Gasteiger partial charge in [-0.05, 0) is 45.8 Å². The van der Waals surface area contributed by atoms with Gasteiger partial charge in [0.15, 0.2) is 0 Å². The van der Waals surface area contributed by atoms with Gasteiger partial charge in [-0.1, -0.05) is 39.0 Å². The maximum absolute atomic E-state index is 5.33. The first-order chi connectivity index (χ1) is 10.5. The van der Waals surface area contributed by atoms with Gasteiger partial charge >= 0.3 is 0 Å². The summed E-state index contributed by atoms with van der Waals surface area (Å²) in [5.41, 5.74) is 0. The zero-order valence-corrected chi connectivity index (χ0v) is 15.8. The van der Waals surface area contributed by atoms with Gasteiger partial charge in [0.25, 0.3) is 5.97 Å². The van der Waals surface area contributed by atoms with E-state index in [1.165, 1.54) is 51.5 Å². The Labute approximate surface area is 138 Å². The van der Waals surface area contributed by atoms with E-state index in [1.807, 2.05) is 0 Å². The monoisotopic (exact) mass is 317 g/mol. The molecular weight excluding hydrogens is 278 g/mol. The number of nitrogens with zero attached hydrogens (tertiary/aromatic N) is 1. The van der Waals surface area contributed by atoms with Crippen LogP contribution in [0.25, 0.3) is 0 Å². The molecule has 0 bridgehead atoms. The number of hydrogen-bond donors (Lipinski definition) is 0. The van der Waals surface area contributed by atoms with E-state index in [4.69, 9.17) is 14.2 Å². The predicted molar refractivity (Wildman–Crippen MR) is 93.0 cm³/mol. The Hall–Kier alpha value is -0.160. The van der Waals surface area contributed by atoms with Crippen molar-refractivity contribution in [1.82, 2.24) is 4.90 Å². The van der Waals surface area contributed by atoms with Gasteiger partial charge in [-0.15, -0.1) is 0 Å². The van der Waals surface area contributed by atoms with Gasteiger partial charge in [-0.25, -0.2) is 0 Å². The fourth-order valence-corrected chi connectivity index (χ4v) is 3.04. The summed E-state index contributed by atoms with van der Waals surface area (Å²) < 4.78 is 16.0. The Morgan fingerprint density at radius 1 is 0.818 bits per heavy atom. The maximum Gasteiger partial charge on any atom is 0.282 e. The lowest BCUT2D eigenvalue weighted by Gasteiger charge is -2.28. The van der Waals surface area contributed by atoms with Crippen LogP contribution in [0, 0.1) is 5.92 Å². The molecule has 0 spiro atoms. The highest BCUT2D eigenvalue weighted by atomic mass is 16.9. The van der Waals surface area contributed by atoms with Crippen molar-refractivity contribution in [2.24, 2.45) is 5.92 Å². The SMILES string of the molecule is CCCC(CCCCCC(OC)(OC)OC)CCCN(C)C. The molecule has 0 fully saturated rings. The van der Waals surface area contributed by atoms with Gasteiger partial charge in [0.2, 0.25) is 0 Å². The van der Waals surface area contributed by atoms with E-state index < -0.39 is 5.97 Å². The first kappa shape index (κ1) is 21.8. The molecular formula is C18H39NO3. The van der Waals surface area contributed by atoms with Crippen molar-refractivity contribution < 1.29 is 14.2 Å². The van der Waals surface area contributed by atoms with Crippen LogP contribution in [-0.2, 0) is 14.2 Å². The average Bonchev–Trinajstić information content (AvgIpc) is 2.51. The molecule has 1 unspecified atom stereocenters. The second-order valence-electron chi connectivity index (χ2n) is 6.49. The lowest BCUT2D eigenvalue weighted by atomic mass is 9.92. The molecule has 22 heavy (non-hydrogen) atoms. The molecule has 1 atom stereocenters. The van der Waals surface area contributed by atoms with Gasteiger partial charge < -0.3 is 19.1 Å². The zero-order valence-electron chi connectivity index (χ0n) is 15.8. The minimum Gasteiger partial charge on any atom is -0.331 e. The zero-order chi connectivity index (χ0) is 16.8. The standard InChI is InChI=1S/C18H39NO3/c1-7-12-17(14-11-16-19(2)3)13-9-8-10-15-18(20-4,21-5)22-6/h17H,7-16H2,1-6H3. The summed E-state index contributed by atoms with van der Waals surface area (Å²) in [5, 5.41) is 0. The van der Waals surface area contributed by atoms with Crippen LogP contribution < -0.4 is 0 Å². The number of methoxy groups -OCH3 is 3. The molecule has 0 radical (unpaired) electrons. The van der Waals surface area contributed by atoms with E-state index >= 15 is 0 Å².